The molecule has 3 aromatic rings. The molecule has 0 aliphatic carbocycles. The van der Waals surface area contributed by atoms with Crippen molar-refractivity contribution in [2.45, 2.75) is 34.2 Å². The topological polar surface area (TPSA) is 27.1 Å². The van der Waals surface area contributed by atoms with Gasteiger partial charge >= 0.3 is 0 Å². The number of ether oxygens (including phenoxy) is 1. The van der Waals surface area contributed by atoms with Gasteiger partial charge in [0.1, 0.15) is 12.4 Å². The van der Waals surface area contributed by atoms with Gasteiger partial charge in [-0.1, -0.05) is 6.07 Å². The van der Waals surface area contributed by atoms with Crippen molar-refractivity contribution in [1.29, 1.82) is 0 Å². The Morgan fingerprint density at radius 2 is 1.64 bits per heavy atom. The molecule has 0 saturated heterocycles. The second kappa shape index (κ2) is 5.84. The van der Waals surface area contributed by atoms with E-state index in [4.69, 9.17) is 4.74 Å². The maximum atomic E-state index is 5.87. The van der Waals surface area contributed by atoms with Crippen molar-refractivity contribution in [3.63, 3.8) is 0 Å². The highest BCUT2D eigenvalue weighted by Gasteiger charge is 2.05. The van der Waals surface area contributed by atoms with Gasteiger partial charge in [-0.25, -0.2) is 4.98 Å². The van der Waals surface area contributed by atoms with Crippen molar-refractivity contribution in [3.05, 3.63) is 58.9 Å². The number of hydrogen-bond acceptors (Lipinski definition) is 2. The number of imidazole rings is 1. The van der Waals surface area contributed by atoms with E-state index in [1.165, 1.54) is 27.8 Å². The van der Waals surface area contributed by atoms with Crippen LogP contribution in [0.4, 0.5) is 0 Å². The first-order chi connectivity index (χ1) is 10.5. The summed E-state index contributed by atoms with van der Waals surface area (Å²) in [5.74, 6) is 0.930. The van der Waals surface area contributed by atoms with E-state index in [0.717, 1.165) is 17.8 Å². The average molecular weight is 294 g/mol. The van der Waals surface area contributed by atoms with Crippen molar-refractivity contribution in [2.24, 2.45) is 0 Å². The maximum absolute atomic E-state index is 5.87. The van der Waals surface area contributed by atoms with Crippen LogP contribution >= 0.6 is 0 Å². The number of fused-ring (bicyclic) bond motifs is 1. The first-order valence-electron chi connectivity index (χ1n) is 7.67. The van der Waals surface area contributed by atoms with Gasteiger partial charge in [-0.05, 0) is 74.2 Å². The van der Waals surface area contributed by atoms with Crippen LogP contribution in [0.1, 0.15) is 22.3 Å². The molecule has 3 heteroatoms. The van der Waals surface area contributed by atoms with Gasteiger partial charge in [-0.3, -0.25) is 0 Å². The van der Waals surface area contributed by atoms with E-state index in [1.807, 2.05) is 12.4 Å². The lowest BCUT2D eigenvalue weighted by Gasteiger charge is -2.10. The highest BCUT2D eigenvalue weighted by molar-refractivity contribution is 5.77. The van der Waals surface area contributed by atoms with E-state index in [-0.39, 0.29) is 0 Å². The van der Waals surface area contributed by atoms with Crippen molar-refractivity contribution in [3.8, 4) is 5.75 Å². The monoisotopic (exact) mass is 294 g/mol. The Bertz CT molecular complexity index is 818. The molecule has 1 heterocycles. The van der Waals surface area contributed by atoms with Gasteiger partial charge in [0.15, 0.2) is 0 Å². The van der Waals surface area contributed by atoms with Crippen LogP contribution in [-0.4, -0.2) is 16.2 Å². The van der Waals surface area contributed by atoms with E-state index < -0.39 is 0 Å². The molecule has 0 aliphatic rings. The molecule has 0 amide bonds. The molecule has 0 fully saturated rings. The SMILES string of the molecule is Cc1ccc(OCCn2cnc3cc(C)c(C)cc32)cc1C. The van der Waals surface area contributed by atoms with Crippen molar-refractivity contribution < 1.29 is 4.74 Å². The number of aryl methyl sites for hydroxylation is 4. The zero-order chi connectivity index (χ0) is 15.7. The Morgan fingerprint density at radius 1 is 0.909 bits per heavy atom. The molecule has 0 atom stereocenters. The normalized spacial score (nSPS) is 11.1. The smallest absolute Gasteiger partial charge is 0.119 e. The van der Waals surface area contributed by atoms with Gasteiger partial charge in [-0.2, -0.15) is 0 Å². The van der Waals surface area contributed by atoms with Gasteiger partial charge in [0.05, 0.1) is 23.9 Å². The minimum Gasteiger partial charge on any atom is -0.492 e. The summed E-state index contributed by atoms with van der Waals surface area (Å²) in [6.07, 6.45) is 1.90. The van der Waals surface area contributed by atoms with Gasteiger partial charge in [-0.15, -0.1) is 0 Å². The van der Waals surface area contributed by atoms with Gasteiger partial charge in [0, 0.05) is 0 Å². The fourth-order valence-electron chi connectivity index (χ4n) is 2.56. The molecule has 0 bridgehead atoms. The summed E-state index contributed by atoms with van der Waals surface area (Å²) in [4.78, 5) is 4.48. The number of aromatic nitrogens is 2. The lowest BCUT2D eigenvalue weighted by atomic mass is 10.1. The lowest BCUT2D eigenvalue weighted by molar-refractivity contribution is 0.300. The van der Waals surface area contributed by atoms with Crippen LogP contribution < -0.4 is 4.74 Å². The Balaban J connectivity index is 1.71. The molecule has 0 aliphatic heterocycles. The van der Waals surface area contributed by atoms with Crippen molar-refractivity contribution >= 4 is 11.0 Å². The first-order valence-corrected chi connectivity index (χ1v) is 7.67. The zero-order valence-corrected chi connectivity index (χ0v) is 13.7. The maximum Gasteiger partial charge on any atom is 0.119 e. The third-order valence-corrected chi connectivity index (χ3v) is 4.32. The summed E-state index contributed by atoms with van der Waals surface area (Å²) >= 11 is 0. The molecule has 2 aromatic carbocycles. The average Bonchev–Trinajstić information content (AvgIpc) is 2.86. The summed E-state index contributed by atoms with van der Waals surface area (Å²) in [6, 6.07) is 10.6. The molecular formula is C19H22N2O. The predicted molar refractivity (Wildman–Crippen MR) is 90.6 cm³/mol. The van der Waals surface area contributed by atoms with Crippen molar-refractivity contribution in [1.82, 2.24) is 9.55 Å². The second-order valence-electron chi connectivity index (χ2n) is 5.96. The molecule has 3 rings (SSSR count). The Kier molecular flexibility index (Phi) is 3.88. The van der Waals surface area contributed by atoms with Crippen LogP contribution in [-0.2, 0) is 6.54 Å². The number of rotatable bonds is 4. The molecular weight excluding hydrogens is 272 g/mol. The Labute approximate surface area is 131 Å². The summed E-state index contributed by atoms with van der Waals surface area (Å²) in [6.45, 7) is 9.92. The second-order valence-corrected chi connectivity index (χ2v) is 5.96. The standard InChI is InChI=1S/C19H22N2O/c1-13-5-6-17(9-14(13)2)22-8-7-21-12-20-18-10-15(3)16(4)11-19(18)21/h5-6,9-12H,7-8H2,1-4H3. The predicted octanol–water partition coefficient (Wildman–Crippen LogP) is 4.35. The minimum atomic E-state index is 0.640. The number of hydrogen-bond donors (Lipinski definition) is 0. The molecule has 0 spiro atoms. The van der Waals surface area contributed by atoms with E-state index in [1.54, 1.807) is 0 Å². The van der Waals surface area contributed by atoms with E-state index in [2.05, 4.69) is 61.5 Å². The summed E-state index contributed by atoms with van der Waals surface area (Å²) < 4.78 is 8.02. The van der Waals surface area contributed by atoms with Crippen LogP contribution in [0.5, 0.6) is 5.75 Å². The minimum absolute atomic E-state index is 0.640. The van der Waals surface area contributed by atoms with Crippen LogP contribution in [0.3, 0.4) is 0 Å². The molecule has 0 N–H and O–H groups in total. The van der Waals surface area contributed by atoms with Crippen LogP contribution in [0, 0.1) is 27.7 Å². The van der Waals surface area contributed by atoms with Gasteiger partial charge in [0.2, 0.25) is 0 Å². The Morgan fingerprint density at radius 3 is 2.41 bits per heavy atom. The number of nitrogens with zero attached hydrogens (tertiary/aromatic N) is 2. The van der Waals surface area contributed by atoms with Crippen LogP contribution in [0.2, 0.25) is 0 Å². The van der Waals surface area contributed by atoms with Crippen molar-refractivity contribution in [2.75, 3.05) is 6.61 Å². The van der Waals surface area contributed by atoms with Gasteiger partial charge < -0.3 is 9.30 Å². The Hall–Kier alpha value is -2.29. The third kappa shape index (κ3) is 2.84. The highest BCUT2D eigenvalue weighted by Crippen LogP contribution is 2.19. The quantitative estimate of drug-likeness (QED) is 0.715. The molecule has 1 aromatic heterocycles. The molecule has 0 unspecified atom stereocenters. The van der Waals surface area contributed by atoms with E-state index in [9.17, 15) is 0 Å². The zero-order valence-electron chi connectivity index (χ0n) is 13.7. The molecule has 3 nitrogen and oxygen atoms in total. The van der Waals surface area contributed by atoms with Crippen LogP contribution in [0.25, 0.3) is 11.0 Å². The highest BCUT2D eigenvalue weighted by atomic mass is 16.5. The summed E-state index contributed by atoms with van der Waals surface area (Å²) in [5, 5.41) is 0. The lowest BCUT2D eigenvalue weighted by Crippen LogP contribution is -2.07. The summed E-state index contributed by atoms with van der Waals surface area (Å²) in [5.41, 5.74) is 7.35. The fourth-order valence-corrected chi connectivity index (χ4v) is 2.56. The van der Waals surface area contributed by atoms with E-state index in [0.29, 0.717) is 6.61 Å². The molecule has 0 saturated carbocycles. The molecule has 22 heavy (non-hydrogen) atoms. The van der Waals surface area contributed by atoms with Gasteiger partial charge in [0.25, 0.3) is 0 Å². The van der Waals surface area contributed by atoms with Crippen LogP contribution in [0.15, 0.2) is 36.7 Å². The fraction of sp³-hybridized carbons (Fsp3) is 0.316. The number of benzene rings is 2. The first kappa shape index (κ1) is 14.6. The third-order valence-electron chi connectivity index (χ3n) is 4.32. The molecule has 114 valence electrons. The largest absolute Gasteiger partial charge is 0.492 e. The van der Waals surface area contributed by atoms with E-state index >= 15 is 0 Å². The molecule has 0 radical (unpaired) electrons. The summed E-state index contributed by atoms with van der Waals surface area (Å²) in [7, 11) is 0.